The van der Waals surface area contributed by atoms with Crippen molar-refractivity contribution in [2.45, 2.75) is 44.1 Å². The lowest BCUT2D eigenvalue weighted by Crippen LogP contribution is -2.51. The van der Waals surface area contributed by atoms with E-state index in [1.807, 2.05) is 0 Å². The zero-order valence-corrected chi connectivity index (χ0v) is 12.1. The fourth-order valence-corrected chi connectivity index (χ4v) is 3.18. The maximum absolute atomic E-state index is 12.1. The van der Waals surface area contributed by atoms with Gasteiger partial charge in [0.2, 0.25) is 0 Å². The van der Waals surface area contributed by atoms with Crippen LogP contribution in [0.15, 0.2) is 0 Å². The zero-order valence-electron chi connectivity index (χ0n) is 12.1. The predicted octanol–water partition coefficient (Wildman–Crippen LogP) is 1.45. The minimum absolute atomic E-state index is 0.167. The summed E-state index contributed by atoms with van der Waals surface area (Å²) in [5.41, 5.74) is -0.225. The first-order valence-corrected chi connectivity index (χ1v) is 7.37. The van der Waals surface area contributed by atoms with E-state index in [0.29, 0.717) is 26.1 Å². The number of ether oxygens (including phenoxy) is 1. The third-order valence-electron chi connectivity index (χ3n) is 4.57. The van der Waals surface area contributed by atoms with E-state index < -0.39 is 11.9 Å². The van der Waals surface area contributed by atoms with Gasteiger partial charge in [0.15, 0.2) is 0 Å². The summed E-state index contributed by atoms with van der Waals surface area (Å²) in [6.07, 6.45) is 5.62. The first-order chi connectivity index (χ1) is 9.56. The van der Waals surface area contributed by atoms with Crippen LogP contribution in [0.3, 0.4) is 0 Å². The maximum atomic E-state index is 12.1. The highest BCUT2D eigenvalue weighted by atomic mass is 16.5. The molecule has 0 spiro atoms. The lowest BCUT2D eigenvalue weighted by atomic mass is 9.98. The predicted molar refractivity (Wildman–Crippen MR) is 73.5 cm³/mol. The fourth-order valence-electron chi connectivity index (χ4n) is 3.18. The number of aliphatic carboxylic acids is 1. The van der Waals surface area contributed by atoms with Gasteiger partial charge in [0.25, 0.3) is 0 Å². The van der Waals surface area contributed by atoms with Crippen molar-refractivity contribution in [3.05, 3.63) is 0 Å². The normalized spacial score (nSPS) is 25.4. The SMILES string of the molecule is COC1(CNC(=O)N2CCCC(C(=O)O)C2)CCCC1. The van der Waals surface area contributed by atoms with Gasteiger partial charge in [0.1, 0.15) is 0 Å². The van der Waals surface area contributed by atoms with Gasteiger partial charge < -0.3 is 20.1 Å². The number of urea groups is 1. The van der Waals surface area contributed by atoms with E-state index in [9.17, 15) is 9.59 Å². The van der Waals surface area contributed by atoms with Crippen LogP contribution in [0.4, 0.5) is 4.79 Å². The average molecular weight is 284 g/mol. The Morgan fingerprint density at radius 1 is 1.35 bits per heavy atom. The van der Waals surface area contributed by atoms with Gasteiger partial charge in [-0.1, -0.05) is 12.8 Å². The van der Waals surface area contributed by atoms with Crippen LogP contribution in [0, 0.1) is 5.92 Å². The molecule has 2 fully saturated rings. The summed E-state index contributed by atoms with van der Waals surface area (Å²) in [6, 6.07) is -0.167. The highest BCUT2D eigenvalue weighted by molar-refractivity contribution is 5.76. The average Bonchev–Trinajstić information content (AvgIpc) is 2.94. The number of nitrogens with zero attached hydrogens (tertiary/aromatic N) is 1. The second kappa shape index (κ2) is 6.43. The van der Waals surface area contributed by atoms with Crippen LogP contribution in [0.25, 0.3) is 0 Å². The van der Waals surface area contributed by atoms with Crippen molar-refractivity contribution in [1.29, 1.82) is 0 Å². The lowest BCUT2D eigenvalue weighted by molar-refractivity contribution is -0.143. The van der Waals surface area contributed by atoms with E-state index >= 15 is 0 Å². The molecule has 2 aliphatic rings. The minimum atomic E-state index is -0.813. The van der Waals surface area contributed by atoms with Crippen LogP contribution in [-0.4, -0.2) is 54.4 Å². The van der Waals surface area contributed by atoms with Crippen LogP contribution in [0.1, 0.15) is 38.5 Å². The van der Waals surface area contributed by atoms with Crippen molar-refractivity contribution < 1.29 is 19.4 Å². The number of carboxylic acid groups (broad SMARTS) is 1. The number of methoxy groups -OCH3 is 1. The third-order valence-corrected chi connectivity index (χ3v) is 4.57. The van der Waals surface area contributed by atoms with Crippen LogP contribution >= 0.6 is 0 Å². The summed E-state index contributed by atoms with van der Waals surface area (Å²) in [5.74, 6) is -1.25. The molecule has 1 unspecified atom stereocenters. The van der Waals surface area contributed by atoms with Gasteiger partial charge in [-0.2, -0.15) is 0 Å². The van der Waals surface area contributed by atoms with Crippen molar-refractivity contribution >= 4 is 12.0 Å². The molecule has 0 aromatic heterocycles. The minimum Gasteiger partial charge on any atom is -0.481 e. The molecule has 1 atom stereocenters. The second-order valence-electron chi connectivity index (χ2n) is 5.88. The van der Waals surface area contributed by atoms with Crippen molar-refractivity contribution in [3.8, 4) is 0 Å². The number of carbonyl (C=O) groups is 2. The molecule has 2 rings (SSSR count). The van der Waals surface area contributed by atoms with Gasteiger partial charge >= 0.3 is 12.0 Å². The molecule has 6 heteroatoms. The molecule has 0 aromatic carbocycles. The number of carbonyl (C=O) groups excluding carboxylic acids is 1. The number of hydrogen-bond acceptors (Lipinski definition) is 3. The summed E-state index contributed by atoms with van der Waals surface area (Å²) in [4.78, 5) is 24.8. The smallest absolute Gasteiger partial charge is 0.317 e. The van der Waals surface area contributed by atoms with Crippen LogP contribution in [0.2, 0.25) is 0 Å². The fraction of sp³-hybridized carbons (Fsp3) is 0.857. The number of rotatable bonds is 4. The topological polar surface area (TPSA) is 78.9 Å². The molecule has 0 radical (unpaired) electrons. The van der Waals surface area contributed by atoms with Crippen LogP contribution in [-0.2, 0) is 9.53 Å². The van der Waals surface area contributed by atoms with Gasteiger partial charge in [0.05, 0.1) is 11.5 Å². The molecule has 1 saturated heterocycles. The van der Waals surface area contributed by atoms with E-state index in [1.54, 1.807) is 12.0 Å². The first-order valence-electron chi connectivity index (χ1n) is 7.37. The summed E-state index contributed by atoms with van der Waals surface area (Å²) < 4.78 is 5.57. The highest BCUT2D eigenvalue weighted by Gasteiger charge is 2.35. The van der Waals surface area contributed by atoms with Gasteiger partial charge in [-0.25, -0.2) is 4.79 Å². The van der Waals surface area contributed by atoms with Crippen molar-refractivity contribution in [2.75, 3.05) is 26.7 Å². The van der Waals surface area contributed by atoms with Crippen LogP contribution in [0.5, 0.6) is 0 Å². The molecule has 1 aliphatic carbocycles. The Kier molecular flexibility index (Phi) is 4.86. The Morgan fingerprint density at radius 2 is 2.05 bits per heavy atom. The number of piperidine rings is 1. The Balaban J connectivity index is 1.83. The van der Waals surface area contributed by atoms with Crippen molar-refractivity contribution in [1.82, 2.24) is 10.2 Å². The Morgan fingerprint density at radius 3 is 2.65 bits per heavy atom. The summed E-state index contributed by atoms with van der Waals surface area (Å²) in [7, 11) is 1.69. The summed E-state index contributed by atoms with van der Waals surface area (Å²) >= 11 is 0. The summed E-state index contributed by atoms with van der Waals surface area (Å²) in [6.45, 7) is 1.45. The highest BCUT2D eigenvalue weighted by Crippen LogP contribution is 2.32. The monoisotopic (exact) mass is 284 g/mol. The number of nitrogens with one attached hydrogen (secondary N) is 1. The lowest BCUT2D eigenvalue weighted by Gasteiger charge is -2.33. The van der Waals surface area contributed by atoms with E-state index in [4.69, 9.17) is 9.84 Å². The maximum Gasteiger partial charge on any atom is 0.317 e. The quantitative estimate of drug-likeness (QED) is 0.819. The zero-order chi connectivity index (χ0) is 14.6. The molecule has 2 amide bonds. The van der Waals surface area contributed by atoms with Gasteiger partial charge in [-0.3, -0.25) is 4.79 Å². The van der Waals surface area contributed by atoms with E-state index in [2.05, 4.69) is 5.32 Å². The third kappa shape index (κ3) is 3.42. The molecule has 1 aliphatic heterocycles. The van der Waals surface area contributed by atoms with E-state index in [1.165, 1.54) is 0 Å². The van der Waals surface area contributed by atoms with E-state index in [0.717, 1.165) is 32.1 Å². The van der Waals surface area contributed by atoms with Crippen molar-refractivity contribution in [3.63, 3.8) is 0 Å². The molecule has 2 N–H and O–H groups in total. The van der Waals surface area contributed by atoms with Gasteiger partial charge in [-0.15, -0.1) is 0 Å². The van der Waals surface area contributed by atoms with Crippen LogP contribution < -0.4 is 5.32 Å². The molecule has 1 heterocycles. The molecular formula is C14H24N2O4. The molecule has 20 heavy (non-hydrogen) atoms. The summed E-state index contributed by atoms with van der Waals surface area (Å²) in [5, 5.41) is 12.0. The molecule has 0 aromatic rings. The van der Waals surface area contributed by atoms with E-state index in [-0.39, 0.29) is 11.6 Å². The molecular weight excluding hydrogens is 260 g/mol. The molecule has 114 valence electrons. The Labute approximate surface area is 119 Å². The molecule has 0 bridgehead atoms. The number of likely N-dealkylation sites (tertiary alicyclic amines) is 1. The van der Waals surface area contributed by atoms with Gasteiger partial charge in [0, 0.05) is 26.7 Å². The first kappa shape index (κ1) is 15.1. The van der Waals surface area contributed by atoms with Gasteiger partial charge in [-0.05, 0) is 25.7 Å². The number of amides is 2. The Hall–Kier alpha value is -1.30. The van der Waals surface area contributed by atoms with Crippen molar-refractivity contribution in [2.24, 2.45) is 5.92 Å². The molecule has 1 saturated carbocycles. The number of hydrogen-bond donors (Lipinski definition) is 2. The standard InChI is InChI=1S/C14H24N2O4/c1-20-14(6-2-3-7-14)10-15-13(19)16-8-4-5-11(9-16)12(17)18/h11H,2-10H2,1H3,(H,15,19)(H,17,18). The molecule has 6 nitrogen and oxygen atoms in total. The second-order valence-corrected chi connectivity index (χ2v) is 5.88. The largest absolute Gasteiger partial charge is 0.481 e. The Bertz CT molecular complexity index is 366. The number of carboxylic acids is 1.